The standard InChI is InChI=1S/C22H21FN4O3/c1-14-11-21(25-22(24-14)17-5-9-19(10-6-17)27(28)29)26-12-15(2)30-20(13-26)16-3-7-18(23)8-4-16/h3-11,15,20H,12-13H2,1-2H3. The molecule has 3 aromatic rings. The highest BCUT2D eigenvalue weighted by molar-refractivity contribution is 5.60. The number of non-ortho nitro benzene ring substituents is 1. The van der Waals surface area contributed by atoms with Gasteiger partial charge in [-0.2, -0.15) is 0 Å². The van der Waals surface area contributed by atoms with Crippen LogP contribution in [0.2, 0.25) is 0 Å². The van der Waals surface area contributed by atoms with Crippen LogP contribution in [0.4, 0.5) is 15.9 Å². The Balaban J connectivity index is 1.62. The molecule has 1 aliphatic rings. The van der Waals surface area contributed by atoms with E-state index in [1.54, 1.807) is 24.3 Å². The van der Waals surface area contributed by atoms with Crippen LogP contribution in [0.15, 0.2) is 54.6 Å². The molecule has 0 amide bonds. The molecule has 0 N–H and O–H groups in total. The predicted octanol–water partition coefficient (Wildman–Crippen LogP) is 4.47. The van der Waals surface area contributed by atoms with Crippen LogP contribution in [0.3, 0.4) is 0 Å². The summed E-state index contributed by atoms with van der Waals surface area (Å²) < 4.78 is 19.4. The monoisotopic (exact) mass is 408 g/mol. The zero-order valence-electron chi connectivity index (χ0n) is 16.7. The Hall–Kier alpha value is -3.39. The zero-order valence-corrected chi connectivity index (χ0v) is 16.7. The molecule has 0 spiro atoms. The lowest BCUT2D eigenvalue weighted by Crippen LogP contribution is -2.43. The molecule has 4 rings (SSSR count). The number of ether oxygens (including phenoxy) is 1. The van der Waals surface area contributed by atoms with Gasteiger partial charge in [0, 0.05) is 42.5 Å². The SMILES string of the molecule is Cc1cc(N2CC(C)OC(c3ccc(F)cc3)C2)nc(-c2ccc([N+](=O)[O-])cc2)n1. The van der Waals surface area contributed by atoms with E-state index in [-0.39, 0.29) is 23.7 Å². The van der Waals surface area contributed by atoms with E-state index in [0.29, 0.717) is 24.5 Å². The Morgan fingerprint density at radius 1 is 1.10 bits per heavy atom. The first-order valence-corrected chi connectivity index (χ1v) is 9.65. The summed E-state index contributed by atoms with van der Waals surface area (Å²) in [6, 6.07) is 14.5. The second-order valence-corrected chi connectivity index (χ2v) is 7.39. The summed E-state index contributed by atoms with van der Waals surface area (Å²) >= 11 is 0. The third-order valence-corrected chi connectivity index (χ3v) is 5.00. The van der Waals surface area contributed by atoms with Crippen molar-refractivity contribution >= 4 is 11.5 Å². The van der Waals surface area contributed by atoms with Crippen LogP contribution in [0.1, 0.15) is 24.3 Å². The van der Waals surface area contributed by atoms with Crippen LogP contribution >= 0.6 is 0 Å². The van der Waals surface area contributed by atoms with E-state index < -0.39 is 4.92 Å². The summed E-state index contributed by atoms with van der Waals surface area (Å²) in [5.41, 5.74) is 2.44. The molecule has 8 heteroatoms. The Kier molecular flexibility index (Phi) is 5.41. The lowest BCUT2D eigenvalue weighted by molar-refractivity contribution is -0.384. The highest BCUT2D eigenvalue weighted by atomic mass is 19.1. The van der Waals surface area contributed by atoms with E-state index >= 15 is 0 Å². The molecule has 0 saturated carbocycles. The number of benzene rings is 2. The van der Waals surface area contributed by atoms with E-state index in [4.69, 9.17) is 9.72 Å². The highest BCUT2D eigenvalue weighted by Gasteiger charge is 2.28. The fourth-order valence-corrected chi connectivity index (χ4v) is 3.58. The van der Waals surface area contributed by atoms with Gasteiger partial charge in [-0.05, 0) is 43.7 Å². The number of aromatic nitrogens is 2. The first kappa shape index (κ1) is 19.9. The maximum atomic E-state index is 13.3. The lowest BCUT2D eigenvalue weighted by atomic mass is 10.1. The normalized spacial score (nSPS) is 19.0. The molecular weight excluding hydrogens is 387 g/mol. The van der Waals surface area contributed by atoms with Gasteiger partial charge in [0.1, 0.15) is 17.7 Å². The van der Waals surface area contributed by atoms with Crippen molar-refractivity contribution in [3.8, 4) is 11.4 Å². The Bertz CT molecular complexity index is 1060. The second kappa shape index (κ2) is 8.16. The molecule has 0 bridgehead atoms. The summed E-state index contributed by atoms with van der Waals surface area (Å²) in [4.78, 5) is 21.8. The van der Waals surface area contributed by atoms with Crippen molar-refractivity contribution in [3.63, 3.8) is 0 Å². The van der Waals surface area contributed by atoms with E-state index in [1.807, 2.05) is 19.9 Å². The molecule has 2 unspecified atom stereocenters. The van der Waals surface area contributed by atoms with Gasteiger partial charge < -0.3 is 9.64 Å². The summed E-state index contributed by atoms with van der Waals surface area (Å²) in [7, 11) is 0. The van der Waals surface area contributed by atoms with Crippen molar-refractivity contribution in [1.82, 2.24) is 9.97 Å². The number of anilines is 1. The Morgan fingerprint density at radius 2 is 1.80 bits per heavy atom. The van der Waals surface area contributed by atoms with Crippen molar-refractivity contribution in [2.75, 3.05) is 18.0 Å². The number of aryl methyl sites for hydroxylation is 1. The molecule has 1 aromatic heterocycles. The van der Waals surface area contributed by atoms with Crippen LogP contribution in [-0.2, 0) is 4.74 Å². The lowest BCUT2D eigenvalue weighted by Gasteiger charge is -2.38. The Labute approximate surface area is 173 Å². The molecule has 1 saturated heterocycles. The Morgan fingerprint density at radius 3 is 2.47 bits per heavy atom. The predicted molar refractivity (Wildman–Crippen MR) is 111 cm³/mol. The molecule has 7 nitrogen and oxygen atoms in total. The topological polar surface area (TPSA) is 81.4 Å². The average Bonchev–Trinajstić information content (AvgIpc) is 2.73. The average molecular weight is 408 g/mol. The minimum absolute atomic E-state index is 0.0239. The number of hydrogen-bond donors (Lipinski definition) is 0. The molecule has 0 radical (unpaired) electrons. The van der Waals surface area contributed by atoms with Gasteiger partial charge in [0.2, 0.25) is 0 Å². The molecule has 30 heavy (non-hydrogen) atoms. The first-order valence-electron chi connectivity index (χ1n) is 9.65. The van der Waals surface area contributed by atoms with Gasteiger partial charge in [-0.3, -0.25) is 10.1 Å². The smallest absolute Gasteiger partial charge is 0.269 e. The van der Waals surface area contributed by atoms with Crippen LogP contribution in [0.25, 0.3) is 11.4 Å². The molecule has 1 aliphatic heterocycles. The second-order valence-electron chi connectivity index (χ2n) is 7.39. The third kappa shape index (κ3) is 4.28. The van der Waals surface area contributed by atoms with Gasteiger partial charge in [0.05, 0.1) is 11.0 Å². The summed E-state index contributed by atoms with van der Waals surface area (Å²) in [6.45, 7) is 5.12. The first-order chi connectivity index (χ1) is 14.4. The van der Waals surface area contributed by atoms with E-state index in [9.17, 15) is 14.5 Å². The quantitative estimate of drug-likeness (QED) is 0.468. The van der Waals surface area contributed by atoms with Gasteiger partial charge in [-0.1, -0.05) is 12.1 Å². The van der Waals surface area contributed by atoms with Crippen molar-refractivity contribution in [3.05, 3.63) is 81.8 Å². The van der Waals surface area contributed by atoms with Gasteiger partial charge in [-0.25, -0.2) is 14.4 Å². The van der Waals surface area contributed by atoms with Crippen LogP contribution in [0, 0.1) is 22.9 Å². The van der Waals surface area contributed by atoms with Gasteiger partial charge >= 0.3 is 0 Å². The molecule has 2 atom stereocenters. The highest BCUT2D eigenvalue weighted by Crippen LogP contribution is 2.29. The zero-order chi connectivity index (χ0) is 21.3. The molecular formula is C22H21FN4O3. The van der Waals surface area contributed by atoms with E-state index in [1.165, 1.54) is 24.3 Å². The summed E-state index contributed by atoms with van der Waals surface area (Å²) in [5, 5.41) is 10.9. The van der Waals surface area contributed by atoms with Crippen LogP contribution < -0.4 is 4.90 Å². The maximum absolute atomic E-state index is 13.3. The fraction of sp³-hybridized carbons (Fsp3) is 0.273. The van der Waals surface area contributed by atoms with Crippen molar-refractivity contribution < 1.29 is 14.1 Å². The molecule has 154 valence electrons. The van der Waals surface area contributed by atoms with Crippen molar-refractivity contribution in [2.24, 2.45) is 0 Å². The maximum Gasteiger partial charge on any atom is 0.269 e. The number of morpholine rings is 1. The number of nitro groups is 1. The van der Waals surface area contributed by atoms with Crippen LogP contribution in [-0.4, -0.2) is 34.1 Å². The molecule has 2 heterocycles. The van der Waals surface area contributed by atoms with E-state index in [0.717, 1.165) is 17.1 Å². The fourth-order valence-electron chi connectivity index (χ4n) is 3.58. The molecule has 1 fully saturated rings. The molecule has 2 aromatic carbocycles. The number of nitro benzene ring substituents is 1. The number of halogens is 1. The molecule has 0 aliphatic carbocycles. The number of nitrogens with zero attached hydrogens (tertiary/aromatic N) is 4. The number of rotatable bonds is 4. The summed E-state index contributed by atoms with van der Waals surface area (Å²) in [6.07, 6.45) is -0.237. The minimum Gasteiger partial charge on any atom is -0.367 e. The van der Waals surface area contributed by atoms with Crippen molar-refractivity contribution in [2.45, 2.75) is 26.1 Å². The van der Waals surface area contributed by atoms with Crippen molar-refractivity contribution in [1.29, 1.82) is 0 Å². The van der Waals surface area contributed by atoms with Gasteiger partial charge in [0.25, 0.3) is 5.69 Å². The largest absolute Gasteiger partial charge is 0.367 e. The minimum atomic E-state index is -0.434. The number of hydrogen-bond acceptors (Lipinski definition) is 6. The van der Waals surface area contributed by atoms with E-state index in [2.05, 4.69) is 9.88 Å². The summed E-state index contributed by atoms with van der Waals surface area (Å²) in [5.74, 6) is 0.995. The van der Waals surface area contributed by atoms with Gasteiger partial charge in [0.15, 0.2) is 5.82 Å². The van der Waals surface area contributed by atoms with Gasteiger partial charge in [-0.15, -0.1) is 0 Å². The van der Waals surface area contributed by atoms with Crippen LogP contribution in [0.5, 0.6) is 0 Å². The third-order valence-electron chi connectivity index (χ3n) is 5.00.